The van der Waals surface area contributed by atoms with Crippen molar-refractivity contribution < 1.29 is 32.2 Å². The molecule has 0 radical (unpaired) electrons. The molecule has 3 rings (SSSR count). The van der Waals surface area contributed by atoms with Gasteiger partial charge in [-0.15, -0.1) is 0 Å². The van der Waals surface area contributed by atoms with Crippen LogP contribution in [0.1, 0.15) is 5.56 Å². The van der Waals surface area contributed by atoms with Gasteiger partial charge in [-0.1, -0.05) is 17.7 Å². The molecule has 9 nitrogen and oxygen atoms in total. The minimum absolute atomic E-state index is 0.0105. The molecule has 1 aliphatic heterocycles. The van der Waals surface area contributed by atoms with Gasteiger partial charge in [-0.05, 0) is 42.0 Å². The molecule has 11 heteroatoms. The lowest BCUT2D eigenvalue weighted by Gasteiger charge is -2.16. The van der Waals surface area contributed by atoms with Crippen LogP contribution >= 0.6 is 11.6 Å². The van der Waals surface area contributed by atoms with Crippen molar-refractivity contribution in [1.29, 1.82) is 0 Å². The maximum atomic E-state index is 12.4. The number of benzene rings is 2. The minimum atomic E-state index is -3.89. The van der Waals surface area contributed by atoms with Gasteiger partial charge in [-0.2, -0.15) is 4.31 Å². The summed E-state index contributed by atoms with van der Waals surface area (Å²) < 4.78 is 41.0. The van der Waals surface area contributed by atoms with Crippen molar-refractivity contribution in [3.63, 3.8) is 0 Å². The van der Waals surface area contributed by atoms with Crippen LogP contribution in [0.3, 0.4) is 0 Å². The van der Waals surface area contributed by atoms with Crippen LogP contribution in [-0.2, 0) is 30.9 Å². The first-order valence-electron chi connectivity index (χ1n) is 8.78. The quantitative estimate of drug-likeness (QED) is 0.602. The molecule has 1 heterocycles. The summed E-state index contributed by atoms with van der Waals surface area (Å²) in [5.74, 6) is -0.146. The number of carbonyl (C=O) groups excluding carboxylic acids is 2. The van der Waals surface area contributed by atoms with E-state index < -0.39 is 35.1 Å². The molecule has 1 N–H and O–H groups in total. The molecule has 0 fully saturated rings. The first-order valence-corrected chi connectivity index (χ1v) is 10.6. The third kappa shape index (κ3) is 5.41. The van der Waals surface area contributed by atoms with Crippen LogP contribution in [0.25, 0.3) is 0 Å². The standard InChI is InChI=1S/C19H19ClN2O7S/c1-22(30(25,26)15-5-3-14(20)4-6-15)10-19(24)27-11-18(23)21-9-13-2-7-16-17(8-13)29-12-28-16/h2-8H,9-12H2,1H3,(H,21,23). The Kier molecular flexibility index (Phi) is 6.80. The van der Waals surface area contributed by atoms with Gasteiger partial charge < -0.3 is 19.5 Å². The van der Waals surface area contributed by atoms with Gasteiger partial charge in [-0.25, -0.2) is 8.42 Å². The fourth-order valence-corrected chi connectivity index (χ4v) is 3.79. The second kappa shape index (κ2) is 9.33. The highest BCUT2D eigenvalue weighted by Crippen LogP contribution is 2.32. The van der Waals surface area contributed by atoms with Crippen LogP contribution in [0.5, 0.6) is 11.5 Å². The molecule has 0 aromatic heterocycles. The van der Waals surface area contributed by atoms with E-state index >= 15 is 0 Å². The molecular formula is C19H19ClN2O7S. The summed E-state index contributed by atoms with van der Waals surface area (Å²) in [4.78, 5) is 23.8. The van der Waals surface area contributed by atoms with Gasteiger partial charge in [0, 0.05) is 18.6 Å². The highest BCUT2D eigenvalue weighted by atomic mass is 35.5. The number of amides is 1. The highest BCUT2D eigenvalue weighted by Gasteiger charge is 2.24. The van der Waals surface area contributed by atoms with Crippen molar-refractivity contribution in [2.24, 2.45) is 0 Å². The van der Waals surface area contributed by atoms with Gasteiger partial charge >= 0.3 is 5.97 Å². The monoisotopic (exact) mass is 454 g/mol. The average molecular weight is 455 g/mol. The smallest absolute Gasteiger partial charge is 0.321 e. The molecule has 0 bridgehead atoms. The number of fused-ring (bicyclic) bond motifs is 1. The Balaban J connectivity index is 1.44. The zero-order chi connectivity index (χ0) is 21.7. The number of nitrogens with zero attached hydrogens (tertiary/aromatic N) is 1. The van der Waals surface area contributed by atoms with Crippen molar-refractivity contribution >= 4 is 33.5 Å². The summed E-state index contributed by atoms with van der Waals surface area (Å²) in [6.07, 6.45) is 0. The number of nitrogens with one attached hydrogen (secondary N) is 1. The van der Waals surface area contributed by atoms with Crippen molar-refractivity contribution in [1.82, 2.24) is 9.62 Å². The van der Waals surface area contributed by atoms with Crippen LogP contribution < -0.4 is 14.8 Å². The SMILES string of the molecule is CN(CC(=O)OCC(=O)NCc1ccc2c(c1)OCO2)S(=O)(=O)c1ccc(Cl)cc1. The summed E-state index contributed by atoms with van der Waals surface area (Å²) in [7, 11) is -2.65. The summed E-state index contributed by atoms with van der Waals surface area (Å²) in [5.41, 5.74) is 0.785. The Morgan fingerprint density at radius 3 is 2.57 bits per heavy atom. The number of halogens is 1. The van der Waals surface area contributed by atoms with Gasteiger partial charge in [-0.3, -0.25) is 9.59 Å². The number of rotatable bonds is 8. The summed E-state index contributed by atoms with van der Waals surface area (Å²) in [6, 6.07) is 10.8. The van der Waals surface area contributed by atoms with E-state index in [2.05, 4.69) is 5.32 Å². The largest absolute Gasteiger partial charge is 0.455 e. The Morgan fingerprint density at radius 1 is 1.13 bits per heavy atom. The predicted molar refractivity (Wildman–Crippen MR) is 107 cm³/mol. The van der Waals surface area contributed by atoms with Gasteiger partial charge in [0.05, 0.1) is 4.90 Å². The number of hydrogen-bond acceptors (Lipinski definition) is 7. The number of sulfonamides is 1. The van der Waals surface area contributed by atoms with Gasteiger partial charge in [0.2, 0.25) is 16.8 Å². The van der Waals surface area contributed by atoms with E-state index in [4.69, 9.17) is 25.8 Å². The number of ether oxygens (including phenoxy) is 3. The van der Waals surface area contributed by atoms with Crippen molar-refractivity contribution in [2.75, 3.05) is 27.0 Å². The molecule has 0 saturated heterocycles. The highest BCUT2D eigenvalue weighted by molar-refractivity contribution is 7.89. The molecule has 30 heavy (non-hydrogen) atoms. The van der Waals surface area contributed by atoms with E-state index in [1.54, 1.807) is 18.2 Å². The molecule has 0 atom stereocenters. The summed E-state index contributed by atoms with van der Waals surface area (Å²) >= 11 is 5.75. The number of esters is 1. The normalized spacial score (nSPS) is 12.6. The molecule has 1 amide bonds. The molecule has 160 valence electrons. The van der Waals surface area contributed by atoms with E-state index in [-0.39, 0.29) is 18.2 Å². The maximum Gasteiger partial charge on any atom is 0.321 e. The molecule has 0 aliphatic carbocycles. The zero-order valence-corrected chi connectivity index (χ0v) is 17.5. The Morgan fingerprint density at radius 2 is 1.83 bits per heavy atom. The van der Waals surface area contributed by atoms with Crippen molar-refractivity contribution in [3.05, 3.63) is 53.1 Å². The van der Waals surface area contributed by atoms with Crippen LogP contribution in [-0.4, -0.2) is 51.6 Å². The average Bonchev–Trinajstić information content (AvgIpc) is 3.19. The topological polar surface area (TPSA) is 111 Å². The fraction of sp³-hybridized carbons (Fsp3) is 0.263. The molecule has 0 saturated carbocycles. The zero-order valence-electron chi connectivity index (χ0n) is 16.0. The van der Waals surface area contributed by atoms with E-state index in [0.717, 1.165) is 9.87 Å². The van der Waals surface area contributed by atoms with Crippen molar-refractivity contribution in [3.8, 4) is 11.5 Å². The van der Waals surface area contributed by atoms with Crippen molar-refractivity contribution in [2.45, 2.75) is 11.4 Å². The van der Waals surface area contributed by atoms with E-state index in [0.29, 0.717) is 16.5 Å². The molecule has 1 aliphatic rings. The summed E-state index contributed by atoms with van der Waals surface area (Å²) in [6.45, 7) is -0.709. The lowest BCUT2D eigenvalue weighted by atomic mass is 10.2. The third-order valence-corrected chi connectivity index (χ3v) is 6.23. The maximum absolute atomic E-state index is 12.4. The van der Waals surface area contributed by atoms with E-state index in [1.807, 2.05) is 0 Å². The Hall–Kier alpha value is -2.82. The molecule has 2 aromatic rings. The predicted octanol–water partition coefficient (Wildman–Crippen LogP) is 1.55. The summed E-state index contributed by atoms with van der Waals surface area (Å²) in [5, 5.41) is 2.99. The lowest BCUT2D eigenvalue weighted by Crippen LogP contribution is -2.35. The molecule has 2 aromatic carbocycles. The van der Waals surface area contributed by atoms with E-state index in [9.17, 15) is 18.0 Å². The first-order chi connectivity index (χ1) is 14.3. The lowest BCUT2D eigenvalue weighted by molar-refractivity contribution is -0.148. The second-order valence-corrected chi connectivity index (χ2v) is 8.82. The third-order valence-electron chi connectivity index (χ3n) is 4.16. The van der Waals surface area contributed by atoms with Crippen LogP contribution in [0.4, 0.5) is 0 Å². The molecule has 0 unspecified atom stereocenters. The number of likely N-dealkylation sites (N-methyl/N-ethyl adjacent to an activating group) is 1. The van der Waals surface area contributed by atoms with Gasteiger partial charge in [0.1, 0.15) is 6.54 Å². The first kappa shape index (κ1) is 21.9. The van der Waals surface area contributed by atoms with Crippen LogP contribution in [0.15, 0.2) is 47.4 Å². The Bertz CT molecular complexity index is 1040. The molecule has 0 spiro atoms. The Labute approximate surface area is 178 Å². The van der Waals surface area contributed by atoms with Crippen LogP contribution in [0.2, 0.25) is 5.02 Å². The van der Waals surface area contributed by atoms with Crippen LogP contribution in [0, 0.1) is 0 Å². The molecular weight excluding hydrogens is 436 g/mol. The number of hydrogen-bond donors (Lipinski definition) is 1. The van der Waals surface area contributed by atoms with Gasteiger partial charge in [0.15, 0.2) is 18.1 Å². The van der Waals surface area contributed by atoms with Gasteiger partial charge in [0.25, 0.3) is 5.91 Å². The fourth-order valence-electron chi connectivity index (χ4n) is 2.55. The second-order valence-electron chi connectivity index (χ2n) is 6.34. The minimum Gasteiger partial charge on any atom is -0.455 e. The number of carbonyl (C=O) groups is 2. The van der Waals surface area contributed by atoms with E-state index in [1.165, 1.54) is 31.3 Å².